The van der Waals surface area contributed by atoms with Crippen LogP contribution in [0.2, 0.25) is 0 Å². The number of rotatable bonds is 87. The summed E-state index contributed by atoms with van der Waals surface area (Å²) in [5.41, 5.74) is 0. The van der Waals surface area contributed by atoms with E-state index in [0.717, 1.165) is 102 Å². The standard InChI is InChI=1S/C87H170O17P2/c1-6-9-12-15-17-19-21-23-25-27-29-31-36-40-44-48-52-56-61-66-71-85(90)98-77-83(104-87(92)73-68-63-58-54-50-46-42-38-34-33-35-39-43-47-51-55-60-64-69-80(4)5)79-102-106(95,96)100-75-81(88)74-99-105(93,94)101-78-82(76-97-84(89)70-65-59-14-11-8-3)103-86(91)72-67-62-57-53-49-45-41-37-32-30-28-26-24-22-20-18-16-13-10-7-2/h80-83,88H,6-79H2,1-5H3,(H,93,94)(H,95,96)/t81-,82+,83+/m0/s1. The molecule has 0 aliphatic carbocycles. The summed E-state index contributed by atoms with van der Waals surface area (Å²) in [7, 11) is -9.92. The molecule has 19 heteroatoms. The molecule has 0 rings (SSSR count). The number of esters is 4. The van der Waals surface area contributed by atoms with Crippen LogP contribution in [0.4, 0.5) is 0 Å². The normalized spacial score (nSPS) is 13.7. The average molecular weight is 1550 g/mol. The number of aliphatic hydroxyl groups excluding tert-OH is 1. The van der Waals surface area contributed by atoms with Crippen LogP contribution in [0.3, 0.4) is 0 Å². The van der Waals surface area contributed by atoms with Crippen molar-refractivity contribution in [2.45, 2.75) is 490 Å². The molecule has 0 aliphatic heterocycles. The second-order valence-corrected chi connectivity index (χ2v) is 34.7. The van der Waals surface area contributed by atoms with E-state index < -0.39 is 97.5 Å². The van der Waals surface area contributed by atoms with Crippen LogP contribution in [-0.4, -0.2) is 96.7 Å². The Kier molecular flexibility index (Phi) is 78.2. The van der Waals surface area contributed by atoms with E-state index in [9.17, 15) is 43.2 Å². The first-order valence-corrected chi connectivity index (χ1v) is 48.1. The molecule has 0 spiro atoms. The molecule has 0 aliphatic rings. The number of phosphoric ester groups is 2. The molecule has 3 N–H and O–H groups in total. The number of ether oxygens (including phenoxy) is 4. The van der Waals surface area contributed by atoms with Crippen molar-refractivity contribution in [2.24, 2.45) is 5.92 Å². The van der Waals surface area contributed by atoms with Crippen molar-refractivity contribution in [3.05, 3.63) is 0 Å². The van der Waals surface area contributed by atoms with Crippen molar-refractivity contribution in [2.75, 3.05) is 39.6 Å². The van der Waals surface area contributed by atoms with Crippen molar-refractivity contribution < 1.29 is 80.2 Å². The molecule has 0 radical (unpaired) electrons. The molecule has 0 fully saturated rings. The number of hydrogen-bond acceptors (Lipinski definition) is 15. The van der Waals surface area contributed by atoms with Gasteiger partial charge in [0.1, 0.15) is 19.3 Å². The zero-order valence-electron chi connectivity index (χ0n) is 69.6. The number of phosphoric acid groups is 2. The lowest BCUT2D eigenvalue weighted by molar-refractivity contribution is -0.161. The Morgan fingerprint density at radius 2 is 0.434 bits per heavy atom. The first-order valence-electron chi connectivity index (χ1n) is 45.1. The van der Waals surface area contributed by atoms with Crippen LogP contribution in [0, 0.1) is 5.92 Å². The van der Waals surface area contributed by atoms with Crippen LogP contribution in [0.25, 0.3) is 0 Å². The summed E-state index contributed by atoms with van der Waals surface area (Å²) < 4.78 is 68.7. The smallest absolute Gasteiger partial charge is 0.462 e. The fraction of sp³-hybridized carbons (Fsp3) is 0.954. The van der Waals surface area contributed by atoms with E-state index in [4.69, 9.17) is 37.0 Å². The Balaban J connectivity index is 5.08. The third-order valence-electron chi connectivity index (χ3n) is 20.5. The van der Waals surface area contributed by atoms with E-state index in [0.29, 0.717) is 25.7 Å². The van der Waals surface area contributed by atoms with Crippen molar-refractivity contribution in [3.8, 4) is 0 Å². The molecule has 2 unspecified atom stereocenters. The molecule has 0 saturated heterocycles. The summed E-state index contributed by atoms with van der Waals surface area (Å²) in [5, 5.41) is 10.6. The summed E-state index contributed by atoms with van der Waals surface area (Å²) in [6, 6.07) is 0. The van der Waals surface area contributed by atoms with Crippen LogP contribution in [0.1, 0.15) is 471 Å². The molecule has 630 valence electrons. The highest BCUT2D eigenvalue weighted by atomic mass is 31.2. The highest BCUT2D eigenvalue weighted by Crippen LogP contribution is 2.45. The van der Waals surface area contributed by atoms with Gasteiger partial charge in [-0.1, -0.05) is 420 Å². The minimum atomic E-state index is -4.96. The van der Waals surface area contributed by atoms with Crippen LogP contribution in [0.5, 0.6) is 0 Å². The fourth-order valence-electron chi connectivity index (χ4n) is 13.6. The van der Waals surface area contributed by atoms with E-state index in [-0.39, 0.29) is 25.7 Å². The Morgan fingerprint density at radius 1 is 0.255 bits per heavy atom. The fourth-order valence-corrected chi connectivity index (χ4v) is 15.2. The molecule has 0 aromatic rings. The van der Waals surface area contributed by atoms with Crippen molar-refractivity contribution in [1.29, 1.82) is 0 Å². The summed E-state index contributed by atoms with van der Waals surface area (Å²) >= 11 is 0. The Bertz CT molecular complexity index is 2010. The Hall–Kier alpha value is -1.94. The largest absolute Gasteiger partial charge is 0.472 e. The number of carbonyl (C=O) groups is 4. The van der Waals surface area contributed by atoms with Gasteiger partial charge in [-0.2, -0.15) is 0 Å². The molecule has 0 bridgehead atoms. The lowest BCUT2D eigenvalue weighted by Gasteiger charge is -2.21. The number of aliphatic hydroxyl groups is 1. The first kappa shape index (κ1) is 104. The van der Waals surface area contributed by atoms with Gasteiger partial charge in [0.15, 0.2) is 12.2 Å². The Labute approximate surface area is 651 Å². The van der Waals surface area contributed by atoms with Gasteiger partial charge in [-0.05, 0) is 31.6 Å². The summed E-state index contributed by atoms with van der Waals surface area (Å²) in [5.74, 6) is -1.29. The van der Waals surface area contributed by atoms with E-state index in [1.807, 2.05) is 0 Å². The van der Waals surface area contributed by atoms with E-state index >= 15 is 0 Å². The minimum Gasteiger partial charge on any atom is -0.462 e. The van der Waals surface area contributed by atoms with E-state index in [2.05, 4.69) is 34.6 Å². The van der Waals surface area contributed by atoms with Crippen LogP contribution in [-0.2, 0) is 65.4 Å². The quantitative estimate of drug-likeness (QED) is 0.0222. The zero-order chi connectivity index (χ0) is 77.6. The van der Waals surface area contributed by atoms with Crippen LogP contribution >= 0.6 is 15.6 Å². The number of carbonyl (C=O) groups excluding carboxylic acids is 4. The van der Waals surface area contributed by atoms with Crippen LogP contribution in [0.15, 0.2) is 0 Å². The average Bonchev–Trinajstić information content (AvgIpc) is 0.904. The lowest BCUT2D eigenvalue weighted by Crippen LogP contribution is -2.30. The monoisotopic (exact) mass is 1550 g/mol. The molecule has 0 aromatic carbocycles. The van der Waals surface area contributed by atoms with Crippen molar-refractivity contribution >= 4 is 39.5 Å². The Morgan fingerprint density at radius 3 is 0.642 bits per heavy atom. The second kappa shape index (κ2) is 79.7. The maximum absolute atomic E-state index is 13.1. The molecule has 5 atom stereocenters. The number of hydrogen-bond donors (Lipinski definition) is 3. The summed E-state index contributed by atoms with van der Waals surface area (Å²) in [6.45, 7) is 7.31. The van der Waals surface area contributed by atoms with Gasteiger partial charge >= 0.3 is 39.5 Å². The molecule has 17 nitrogen and oxygen atoms in total. The molecule has 0 heterocycles. The third-order valence-corrected chi connectivity index (χ3v) is 22.4. The van der Waals surface area contributed by atoms with Gasteiger partial charge in [-0.15, -0.1) is 0 Å². The second-order valence-electron chi connectivity index (χ2n) is 31.8. The minimum absolute atomic E-state index is 0.108. The van der Waals surface area contributed by atoms with Crippen LogP contribution < -0.4 is 0 Å². The highest BCUT2D eigenvalue weighted by Gasteiger charge is 2.30. The van der Waals surface area contributed by atoms with Gasteiger partial charge in [0.05, 0.1) is 26.4 Å². The topological polar surface area (TPSA) is 237 Å². The van der Waals surface area contributed by atoms with Crippen molar-refractivity contribution in [3.63, 3.8) is 0 Å². The van der Waals surface area contributed by atoms with Gasteiger partial charge in [0.25, 0.3) is 0 Å². The third kappa shape index (κ3) is 80.1. The molecule has 0 saturated carbocycles. The highest BCUT2D eigenvalue weighted by molar-refractivity contribution is 7.47. The molecule has 106 heavy (non-hydrogen) atoms. The maximum Gasteiger partial charge on any atom is 0.472 e. The molecular formula is C87H170O17P2. The molecular weight excluding hydrogens is 1380 g/mol. The van der Waals surface area contributed by atoms with Crippen molar-refractivity contribution in [1.82, 2.24) is 0 Å². The lowest BCUT2D eigenvalue weighted by atomic mass is 10.0. The van der Waals surface area contributed by atoms with Gasteiger partial charge in [-0.25, -0.2) is 9.13 Å². The predicted molar refractivity (Wildman–Crippen MR) is 437 cm³/mol. The maximum atomic E-state index is 13.1. The molecule has 0 aromatic heterocycles. The van der Waals surface area contributed by atoms with E-state index in [1.54, 1.807) is 0 Å². The van der Waals surface area contributed by atoms with Gasteiger partial charge < -0.3 is 33.8 Å². The summed E-state index contributed by atoms with van der Waals surface area (Å²) in [6.07, 6.45) is 74.3. The predicted octanol–water partition coefficient (Wildman–Crippen LogP) is 26.8. The van der Waals surface area contributed by atoms with Gasteiger partial charge in [0, 0.05) is 25.7 Å². The van der Waals surface area contributed by atoms with Gasteiger partial charge in [0.2, 0.25) is 0 Å². The van der Waals surface area contributed by atoms with E-state index in [1.165, 1.54) is 289 Å². The van der Waals surface area contributed by atoms with Gasteiger partial charge in [-0.3, -0.25) is 37.3 Å². The number of unbranched alkanes of at least 4 members (excludes halogenated alkanes) is 59. The summed E-state index contributed by atoms with van der Waals surface area (Å²) in [4.78, 5) is 72.9. The molecule has 0 amide bonds. The first-order chi connectivity index (χ1) is 51.5. The SMILES string of the molecule is CCCCCCCCCCCCCCCCCCCCCCC(=O)OC[C@H](COP(=O)(O)OC[C@@H](O)COP(=O)(O)OC[C@@H](COC(=O)CCCCCCC)OC(=O)CCCCCCCCCCCCCCCCCCCCCC)OC(=O)CCCCCCCCCCCCCCCCCCCCC(C)C. The zero-order valence-corrected chi connectivity index (χ0v) is 71.4.